The molecule has 1 heterocycles. The van der Waals surface area contributed by atoms with Crippen molar-refractivity contribution in [3.05, 3.63) is 29.3 Å². The number of ether oxygens (including phenoxy) is 1. The first-order valence-corrected chi connectivity index (χ1v) is 8.38. The van der Waals surface area contributed by atoms with Crippen LogP contribution in [0.2, 0.25) is 0 Å². The Kier molecular flexibility index (Phi) is 4.62. The molecule has 1 aromatic carbocycles. The van der Waals surface area contributed by atoms with Crippen molar-refractivity contribution in [1.82, 2.24) is 5.32 Å². The fourth-order valence-electron chi connectivity index (χ4n) is 3.60. The Hall–Kier alpha value is -1.02. The van der Waals surface area contributed by atoms with Crippen molar-refractivity contribution in [2.45, 2.75) is 70.4 Å². The number of hydrogen-bond donors (Lipinski definition) is 1. The number of rotatable bonds is 4. The van der Waals surface area contributed by atoms with Crippen molar-refractivity contribution in [3.8, 4) is 5.75 Å². The lowest BCUT2D eigenvalue weighted by atomic mass is 9.98. The Morgan fingerprint density at radius 3 is 2.75 bits per heavy atom. The average Bonchev–Trinajstić information content (AvgIpc) is 2.79. The van der Waals surface area contributed by atoms with Crippen LogP contribution < -0.4 is 10.1 Å². The molecule has 1 N–H and O–H groups in total. The lowest BCUT2D eigenvalue weighted by molar-refractivity contribution is 0.356. The zero-order chi connectivity index (χ0) is 13.8. The summed E-state index contributed by atoms with van der Waals surface area (Å²) < 4.78 is 5.61. The van der Waals surface area contributed by atoms with Crippen molar-refractivity contribution in [2.75, 3.05) is 6.61 Å². The molecule has 0 amide bonds. The van der Waals surface area contributed by atoms with Gasteiger partial charge in [-0.2, -0.15) is 0 Å². The zero-order valence-electron chi connectivity index (χ0n) is 12.7. The molecule has 1 aliphatic carbocycles. The first-order chi connectivity index (χ1) is 9.86. The van der Waals surface area contributed by atoms with Gasteiger partial charge in [0.15, 0.2) is 0 Å². The molecular weight excluding hydrogens is 246 g/mol. The minimum atomic E-state index is 0.504. The van der Waals surface area contributed by atoms with Gasteiger partial charge < -0.3 is 10.1 Å². The van der Waals surface area contributed by atoms with E-state index in [-0.39, 0.29) is 0 Å². The molecule has 1 fully saturated rings. The van der Waals surface area contributed by atoms with Gasteiger partial charge in [0.05, 0.1) is 6.61 Å². The SMILES string of the molecule is CCC(NC1CCCCCC1)c1ccc2c(c1)CCO2. The molecular formula is C18H27NO. The first-order valence-electron chi connectivity index (χ1n) is 8.38. The van der Waals surface area contributed by atoms with Crippen molar-refractivity contribution in [3.63, 3.8) is 0 Å². The second kappa shape index (κ2) is 6.62. The number of fused-ring (bicyclic) bond motifs is 1. The topological polar surface area (TPSA) is 21.3 Å². The van der Waals surface area contributed by atoms with Crippen LogP contribution in [0.15, 0.2) is 18.2 Å². The molecule has 1 unspecified atom stereocenters. The minimum absolute atomic E-state index is 0.504. The van der Waals surface area contributed by atoms with Gasteiger partial charge in [0.2, 0.25) is 0 Å². The summed E-state index contributed by atoms with van der Waals surface area (Å²) in [5.74, 6) is 1.10. The summed E-state index contributed by atoms with van der Waals surface area (Å²) in [6.45, 7) is 3.14. The van der Waals surface area contributed by atoms with Crippen LogP contribution in [0, 0.1) is 0 Å². The van der Waals surface area contributed by atoms with Gasteiger partial charge >= 0.3 is 0 Å². The Morgan fingerprint density at radius 2 is 2.00 bits per heavy atom. The summed E-state index contributed by atoms with van der Waals surface area (Å²) in [6.07, 6.45) is 10.6. The molecule has 0 aromatic heterocycles. The largest absolute Gasteiger partial charge is 0.493 e. The van der Waals surface area contributed by atoms with E-state index in [1.54, 1.807) is 0 Å². The van der Waals surface area contributed by atoms with Crippen LogP contribution in [-0.2, 0) is 6.42 Å². The Balaban J connectivity index is 1.69. The van der Waals surface area contributed by atoms with Gasteiger partial charge in [0, 0.05) is 18.5 Å². The maximum absolute atomic E-state index is 5.61. The third-order valence-corrected chi connectivity index (χ3v) is 4.82. The van der Waals surface area contributed by atoms with Crippen LogP contribution in [0.4, 0.5) is 0 Å². The summed E-state index contributed by atoms with van der Waals surface area (Å²) in [5.41, 5.74) is 2.84. The maximum Gasteiger partial charge on any atom is 0.122 e. The van der Waals surface area contributed by atoms with E-state index < -0.39 is 0 Å². The van der Waals surface area contributed by atoms with E-state index in [1.165, 1.54) is 49.7 Å². The van der Waals surface area contributed by atoms with Crippen LogP contribution in [0.5, 0.6) is 5.75 Å². The predicted octanol–water partition coefficient (Wildman–Crippen LogP) is 4.39. The van der Waals surface area contributed by atoms with Crippen LogP contribution in [-0.4, -0.2) is 12.6 Å². The summed E-state index contributed by atoms with van der Waals surface area (Å²) in [4.78, 5) is 0. The van der Waals surface area contributed by atoms with Gasteiger partial charge in [-0.05, 0) is 36.5 Å². The molecule has 2 heteroatoms. The number of nitrogens with one attached hydrogen (secondary N) is 1. The molecule has 1 aromatic rings. The van der Waals surface area contributed by atoms with E-state index in [2.05, 4.69) is 30.4 Å². The highest BCUT2D eigenvalue weighted by Gasteiger charge is 2.19. The van der Waals surface area contributed by atoms with Crippen LogP contribution in [0.1, 0.15) is 69.0 Å². The van der Waals surface area contributed by atoms with Crippen LogP contribution >= 0.6 is 0 Å². The minimum Gasteiger partial charge on any atom is -0.493 e. The monoisotopic (exact) mass is 273 g/mol. The first kappa shape index (κ1) is 13.9. The third-order valence-electron chi connectivity index (χ3n) is 4.82. The molecule has 0 spiro atoms. The highest BCUT2D eigenvalue weighted by atomic mass is 16.5. The van der Waals surface area contributed by atoms with E-state index in [4.69, 9.17) is 4.74 Å². The molecule has 110 valence electrons. The van der Waals surface area contributed by atoms with Gasteiger partial charge in [-0.25, -0.2) is 0 Å². The van der Waals surface area contributed by atoms with Gasteiger partial charge in [-0.1, -0.05) is 44.7 Å². The van der Waals surface area contributed by atoms with E-state index in [0.717, 1.165) is 25.2 Å². The average molecular weight is 273 g/mol. The summed E-state index contributed by atoms with van der Waals surface area (Å²) in [7, 11) is 0. The molecule has 0 radical (unpaired) electrons. The standard InChI is InChI=1S/C18H27NO/c1-2-17(19-16-7-5-3-4-6-8-16)14-9-10-18-15(13-14)11-12-20-18/h9-10,13,16-17,19H,2-8,11-12H2,1H3. The molecule has 2 aliphatic rings. The molecule has 1 atom stereocenters. The smallest absolute Gasteiger partial charge is 0.122 e. The molecule has 1 aliphatic heterocycles. The summed E-state index contributed by atoms with van der Waals surface area (Å²) in [6, 6.07) is 7.99. The number of benzene rings is 1. The normalized spacial score (nSPS) is 21.1. The highest BCUT2D eigenvalue weighted by Crippen LogP contribution is 2.30. The second-order valence-electron chi connectivity index (χ2n) is 6.28. The fourth-order valence-corrected chi connectivity index (χ4v) is 3.60. The Morgan fingerprint density at radius 1 is 1.20 bits per heavy atom. The van der Waals surface area contributed by atoms with Crippen LogP contribution in [0.25, 0.3) is 0 Å². The highest BCUT2D eigenvalue weighted by molar-refractivity contribution is 5.40. The zero-order valence-corrected chi connectivity index (χ0v) is 12.7. The molecule has 1 saturated carbocycles. The summed E-state index contributed by atoms with van der Waals surface area (Å²) >= 11 is 0. The Labute approximate surface area is 122 Å². The van der Waals surface area contributed by atoms with Crippen molar-refractivity contribution >= 4 is 0 Å². The van der Waals surface area contributed by atoms with E-state index >= 15 is 0 Å². The molecule has 20 heavy (non-hydrogen) atoms. The maximum atomic E-state index is 5.61. The van der Waals surface area contributed by atoms with Crippen molar-refractivity contribution in [2.24, 2.45) is 0 Å². The second-order valence-corrected chi connectivity index (χ2v) is 6.28. The Bertz CT molecular complexity index is 435. The van der Waals surface area contributed by atoms with E-state index in [1.807, 2.05) is 0 Å². The summed E-state index contributed by atoms with van der Waals surface area (Å²) in [5, 5.41) is 3.91. The molecule has 2 nitrogen and oxygen atoms in total. The van der Waals surface area contributed by atoms with Gasteiger partial charge in [0.25, 0.3) is 0 Å². The van der Waals surface area contributed by atoms with Crippen LogP contribution in [0.3, 0.4) is 0 Å². The molecule has 3 rings (SSSR count). The lowest BCUT2D eigenvalue weighted by Gasteiger charge is -2.25. The number of hydrogen-bond acceptors (Lipinski definition) is 2. The quantitative estimate of drug-likeness (QED) is 0.822. The van der Waals surface area contributed by atoms with E-state index in [0.29, 0.717) is 12.1 Å². The van der Waals surface area contributed by atoms with Crippen molar-refractivity contribution in [1.29, 1.82) is 0 Å². The third kappa shape index (κ3) is 3.17. The van der Waals surface area contributed by atoms with Crippen molar-refractivity contribution < 1.29 is 4.74 Å². The lowest BCUT2D eigenvalue weighted by Crippen LogP contribution is -2.32. The van der Waals surface area contributed by atoms with Gasteiger partial charge in [0.1, 0.15) is 5.75 Å². The molecule has 0 saturated heterocycles. The predicted molar refractivity (Wildman–Crippen MR) is 83.3 cm³/mol. The van der Waals surface area contributed by atoms with E-state index in [9.17, 15) is 0 Å². The van der Waals surface area contributed by atoms with Gasteiger partial charge in [-0.3, -0.25) is 0 Å². The molecule has 0 bridgehead atoms. The fraction of sp³-hybridized carbons (Fsp3) is 0.667. The van der Waals surface area contributed by atoms with Gasteiger partial charge in [-0.15, -0.1) is 0 Å².